The summed E-state index contributed by atoms with van der Waals surface area (Å²) in [7, 11) is 0. The van der Waals surface area contributed by atoms with E-state index in [1.807, 2.05) is 0 Å². The van der Waals surface area contributed by atoms with Crippen molar-refractivity contribution in [1.29, 1.82) is 0 Å². The number of nitrogens with zero attached hydrogens (tertiary/aromatic N) is 2. The second-order valence-electron chi connectivity index (χ2n) is 5.20. The van der Waals surface area contributed by atoms with Gasteiger partial charge in [0.05, 0.1) is 13.2 Å². The van der Waals surface area contributed by atoms with Gasteiger partial charge >= 0.3 is 0 Å². The summed E-state index contributed by atoms with van der Waals surface area (Å²) in [6, 6.07) is 0. The lowest BCUT2D eigenvalue weighted by molar-refractivity contribution is -0.560. The molecule has 0 radical (unpaired) electrons. The standard InChI is InChI=1S/C15H31N2O/c1-4-6-7-8-9-10-13-18-14-17-12-11-16(5-2)15(17)3/h4-14H2,1-3H3/q+1. The van der Waals surface area contributed by atoms with Gasteiger partial charge in [-0.2, -0.15) is 0 Å². The zero-order valence-electron chi connectivity index (χ0n) is 12.6. The molecule has 0 aromatic heterocycles. The van der Waals surface area contributed by atoms with Crippen LogP contribution in [0.25, 0.3) is 0 Å². The van der Waals surface area contributed by atoms with Crippen molar-refractivity contribution in [1.82, 2.24) is 4.90 Å². The maximum absolute atomic E-state index is 5.77. The van der Waals surface area contributed by atoms with E-state index >= 15 is 0 Å². The van der Waals surface area contributed by atoms with E-state index in [0.717, 1.165) is 33.0 Å². The van der Waals surface area contributed by atoms with Crippen LogP contribution < -0.4 is 0 Å². The summed E-state index contributed by atoms with van der Waals surface area (Å²) in [5, 5.41) is 0. The van der Waals surface area contributed by atoms with E-state index in [0.29, 0.717) is 0 Å². The minimum Gasteiger partial charge on any atom is -0.342 e. The van der Waals surface area contributed by atoms with Gasteiger partial charge in [-0.15, -0.1) is 0 Å². The summed E-state index contributed by atoms with van der Waals surface area (Å²) in [5.74, 6) is 1.38. The third-order valence-corrected chi connectivity index (χ3v) is 3.83. The third kappa shape index (κ3) is 5.38. The van der Waals surface area contributed by atoms with Crippen molar-refractivity contribution in [2.45, 2.75) is 59.3 Å². The van der Waals surface area contributed by atoms with Gasteiger partial charge in [-0.3, -0.25) is 4.90 Å². The Morgan fingerprint density at radius 1 is 1.11 bits per heavy atom. The number of hydrogen-bond donors (Lipinski definition) is 0. The average molecular weight is 255 g/mol. The molecular formula is C15H31N2O+. The monoisotopic (exact) mass is 255 g/mol. The predicted octanol–water partition coefficient (Wildman–Crippen LogP) is 3.09. The lowest BCUT2D eigenvalue weighted by atomic mass is 10.1. The van der Waals surface area contributed by atoms with E-state index in [1.165, 1.54) is 44.4 Å². The summed E-state index contributed by atoms with van der Waals surface area (Å²) in [6.07, 6.45) is 8.01. The molecule has 0 aromatic carbocycles. The first-order valence-corrected chi connectivity index (χ1v) is 7.70. The normalized spacial score (nSPS) is 15.8. The lowest BCUT2D eigenvalue weighted by Gasteiger charge is -2.07. The molecule has 1 heterocycles. The van der Waals surface area contributed by atoms with Gasteiger partial charge in [-0.25, -0.2) is 4.58 Å². The van der Waals surface area contributed by atoms with E-state index < -0.39 is 0 Å². The smallest absolute Gasteiger partial charge is 0.245 e. The highest BCUT2D eigenvalue weighted by molar-refractivity contribution is 5.75. The first-order chi connectivity index (χ1) is 8.79. The summed E-state index contributed by atoms with van der Waals surface area (Å²) in [5.41, 5.74) is 0. The van der Waals surface area contributed by atoms with E-state index in [9.17, 15) is 0 Å². The number of hydrogen-bond acceptors (Lipinski definition) is 2. The number of likely N-dealkylation sites (N-methyl/N-ethyl adjacent to an activating group) is 1. The highest BCUT2D eigenvalue weighted by Gasteiger charge is 2.24. The number of rotatable bonds is 10. The fourth-order valence-electron chi connectivity index (χ4n) is 2.47. The van der Waals surface area contributed by atoms with Gasteiger partial charge in [0.15, 0.2) is 6.73 Å². The van der Waals surface area contributed by atoms with Crippen molar-refractivity contribution in [3.63, 3.8) is 0 Å². The van der Waals surface area contributed by atoms with Crippen LogP contribution in [0.5, 0.6) is 0 Å². The van der Waals surface area contributed by atoms with E-state index in [1.54, 1.807) is 0 Å². The van der Waals surface area contributed by atoms with Crippen LogP contribution in [0, 0.1) is 0 Å². The average Bonchev–Trinajstić information content (AvgIpc) is 2.73. The molecule has 106 valence electrons. The molecule has 3 heteroatoms. The maximum Gasteiger partial charge on any atom is 0.245 e. The zero-order valence-corrected chi connectivity index (χ0v) is 12.6. The molecule has 0 unspecified atom stereocenters. The molecule has 1 aliphatic rings. The Labute approximate surface area is 113 Å². The highest BCUT2D eigenvalue weighted by Crippen LogP contribution is 2.05. The van der Waals surface area contributed by atoms with Crippen molar-refractivity contribution >= 4 is 5.84 Å². The van der Waals surface area contributed by atoms with Crippen molar-refractivity contribution in [2.24, 2.45) is 0 Å². The van der Waals surface area contributed by atoms with Crippen molar-refractivity contribution in [3.8, 4) is 0 Å². The fraction of sp³-hybridized carbons (Fsp3) is 0.933. The van der Waals surface area contributed by atoms with Crippen LogP contribution >= 0.6 is 0 Å². The van der Waals surface area contributed by atoms with Crippen molar-refractivity contribution < 1.29 is 9.31 Å². The summed E-state index contributed by atoms with van der Waals surface area (Å²) in [6.45, 7) is 11.8. The second kappa shape index (κ2) is 9.37. The Kier molecular flexibility index (Phi) is 8.06. The molecule has 0 aromatic rings. The van der Waals surface area contributed by atoms with Crippen molar-refractivity contribution in [3.05, 3.63) is 0 Å². The van der Waals surface area contributed by atoms with Crippen LogP contribution in [0.15, 0.2) is 0 Å². The number of ether oxygens (including phenoxy) is 1. The molecule has 1 aliphatic heterocycles. The molecule has 0 saturated carbocycles. The first kappa shape index (κ1) is 15.5. The van der Waals surface area contributed by atoms with Crippen LogP contribution in [-0.4, -0.2) is 48.3 Å². The van der Waals surface area contributed by atoms with Gasteiger partial charge in [0.25, 0.3) is 0 Å². The first-order valence-electron chi connectivity index (χ1n) is 7.70. The van der Waals surface area contributed by atoms with Crippen LogP contribution in [-0.2, 0) is 4.74 Å². The Bertz CT molecular complexity index is 251. The number of unbranched alkanes of at least 4 members (excludes halogenated alkanes) is 5. The molecule has 0 saturated heterocycles. The molecule has 0 fully saturated rings. The van der Waals surface area contributed by atoms with Gasteiger partial charge in [-0.1, -0.05) is 39.0 Å². The Balaban J connectivity index is 2.00. The molecule has 0 N–H and O–H groups in total. The third-order valence-electron chi connectivity index (χ3n) is 3.83. The van der Waals surface area contributed by atoms with Crippen LogP contribution in [0.4, 0.5) is 0 Å². The van der Waals surface area contributed by atoms with Gasteiger partial charge in [0.1, 0.15) is 13.1 Å². The summed E-state index contributed by atoms with van der Waals surface area (Å²) in [4.78, 5) is 2.41. The minimum atomic E-state index is 0.775. The topological polar surface area (TPSA) is 15.5 Å². The Hall–Kier alpha value is -0.570. The quantitative estimate of drug-likeness (QED) is 0.440. The van der Waals surface area contributed by atoms with E-state index in [-0.39, 0.29) is 0 Å². The maximum atomic E-state index is 5.77. The van der Waals surface area contributed by atoms with Crippen molar-refractivity contribution in [2.75, 3.05) is 33.0 Å². The summed E-state index contributed by atoms with van der Waals surface area (Å²) < 4.78 is 8.11. The highest BCUT2D eigenvalue weighted by atomic mass is 16.5. The largest absolute Gasteiger partial charge is 0.342 e. The lowest BCUT2D eigenvalue weighted by Crippen LogP contribution is -2.27. The van der Waals surface area contributed by atoms with Gasteiger partial charge < -0.3 is 4.74 Å². The molecule has 0 atom stereocenters. The van der Waals surface area contributed by atoms with Crippen LogP contribution in [0.1, 0.15) is 59.3 Å². The molecule has 3 nitrogen and oxygen atoms in total. The molecule has 0 spiro atoms. The van der Waals surface area contributed by atoms with E-state index in [4.69, 9.17) is 4.74 Å². The molecular weight excluding hydrogens is 224 g/mol. The SMILES string of the molecule is CCCCCCCCOC[N+]1=C(C)N(CC)CC1. The van der Waals surface area contributed by atoms with Gasteiger partial charge in [-0.05, 0) is 13.3 Å². The molecule has 1 rings (SSSR count). The summed E-state index contributed by atoms with van der Waals surface area (Å²) >= 11 is 0. The minimum absolute atomic E-state index is 0.775. The molecule has 18 heavy (non-hydrogen) atoms. The predicted molar refractivity (Wildman–Crippen MR) is 77.3 cm³/mol. The van der Waals surface area contributed by atoms with Crippen LogP contribution in [0.3, 0.4) is 0 Å². The van der Waals surface area contributed by atoms with E-state index in [2.05, 4.69) is 30.2 Å². The molecule has 0 bridgehead atoms. The Morgan fingerprint density at radius 3 is 2.50 bits per heavy atom. The molecule has 0 amide bonds. The Morgan fingerprint density at radius 2 is 1.83 bits per heavy atom. The second-order valence-corrected chi connectivity index (χ2v) is 5.20. The number of amidine groups is 1. The zero-order chi connectivity index (χ0) is 13.2. The molecule has 0 aliphatic carbocycles. The van der Waals surface area contributed by atoms with Gasteiger partial charge in [0.2, 0.25) is 5.84 Å². The fourth-order valence-corrected chi connectivity index (χ4v) is 2.47. The van der Waals surface area contributed by atoms with Crippen LogP contribution in [0.2, 0.25) is 0 Å². The van der Waals surface area contributed by atoms with Gasteiger partial charge in [0, 0.05) is 6.92 Å².